The summed E-state index contributed by atoms with van der Waals surface area (Å²) in [7, 11) is 0. The zero-order valence-corrected chi connectivity index (χ0v) is 16.7. The first-order valence-electron chi connectivity index (χ1n) is 9.50. The van der Waals surface area contributed by atoms with E-state index in [1.165, 1.54) is 11.8 Å². The smallest absolute Gasteiger partial charge is 0.233 e. The number of carbonyl (C=O) groups excluding carboxylic acids is 1. The first-order valence-corrected chi connectivity index (χ1v) is 10.4. The third-order valence-electron chi connectivity index (χ3n) is 4.74. The van der Waals surface area contributed by atoms with E-state index in [1.54, 1.807) is 0 Å². The molecule has 2 aromatic heterocycles. The van der Waals surface area contributed by atoms with Crippen LogP contribution in [-0.4, -0.2) is 37.5 Å². The van der Waals surface area contributed by atoms with Crippen molar-refractivity contribution in [2.75, 3.05) is 6.54 Å². The van der Waals surface area contributed by atoms with E-state index in [0.29, 0.717) is 18.5 Å². The number of nitrogens with zero attached hydrogens (tertiary/aromatic N) is 3. The lowest BCUT2D eigenvalue weighted by molar-refractivity contribution is -0.120. The number of thioether (sulfide) groups is 1. The van der Waals surface area contributed by atoms with E-state index in [1.807, 2.05) is 25.3 Å². The van der Waals surface area contributed by atoms with Gasteiger partial charge in [-0.2, -0.15) is 0 Å². The molecule has 6 nitrogen and oxygen atoms in total. The molecule has 142 valence electrons. The molecule has 2 heterocycles. The molecule has 3 aromatic rings. The average molecular weight is 384 g/mol. The van der Waals surface area contributed by atoms with Crippen molar-refractivity contribution in [2.24, 2.45) is 5.92 Å². The van der Waals surface area contributed by atoms with Crippen molar-refractivity contribution in [3.8, 4) is 11.4 Å². The molecule has 0 unspecified atom stereocenters. The van der Waals surface area contributed by atoms with Gasteiger partial charge in [-0.05, 0) is 31.7 Å². The second kappa shape index (κ2) is 7.38. The van der Waals surface area contributed by atoms with E-state index in [2.05, 4.69) is 51.0 Å². The Morgan fingerprint density at radius 2 is 2.07 bits per heavy atom. The van der Waals surface area contributed by atoms with Crippen molar-refractivity contribution < 1.29 is 4.79 Å². The fourth-order valence-electron chi connectivity index (χ4n) is 3.12. The maximum Gasteiger partial charge on any atom is 0.233 e. The summed E-state index contributed by atoms with van der Waals surface area (Å²) in [5.41, 5.74) is 2.15. The Bertz CT molecular complexity index is 956. The second-order valence-corrected chi connectivity index (χ2v) is 8.86. The van der Waals surface area contributed by atoms with Crippen LogP contribution in [0.5, 0.6) is 0 Å². The first kappa shape index (κ1) is 18.1. The Morgan fingerprint density at radius 3 is 2.81 bits per heavy atom. The molecule has 0 bridgehead atoms. The molecule has 0 spiro atoms. The third-order valence-corrected chi connectivity index (χ3v) is 5.80. The largest absolute Gasteiger partial charge is 0.360 e. The predicted molar refractivity (Wildman–Crippen MR) is 109 cm³/mol. The molecule has 1 fully saturated rings. The van der Waals surface area contributed by atoms with Crippen LogP contribution in [0.2, 0.25) is 0 Å². The van der Waals surface area contributed by atoms with Crippen LogP contribution in [0.4, 0.5) is 0 Å². The highest BCUT2D eigenvalue weighted by Gasteiger charge is 2.32. The first-order chi connectivity index (χ1) is 13.0. The highest BCUT2D eigenvalue weighted by Crippen LogP contribution is 2.42. The van der Waals surface area contributed by atoms with Crippen LogP contribution >= 0.6 is 11.8 Å². The van der Waals surface area contributed by atoms with E-state index < -0.39 is 0 Å². The molecule has 0 aliphatic heterocycles. The number of carbonyl (C=O) groups is 1. The molecule has 1 aliphatic rings. The monoisotopic (exact) mass is 383 g/mol. The van der Waals surface area contributed by atoms with Gasteiger partial charge in [-0.25, -0.2) is 0 Å². The van der Waals surface area contributed by atoms with Gasteiger partial charge in [0.15, 0.2) is 11.0 Å². The van der Waals surface area contributed by atoms with Crippen LogP contribution in [0, 0.1) is 5.92 Å². The Labute approximate surface area is 163 Å². The second-order valence-electron chi connectivity index (χ2n) is 7.55. The Balaban J connectivity index is 1.61. The number of hydrogen-bond donors (Lipinski definition) is 2. The van der Waals surface area contributed by atoms with Gasteiger partial charge in [0.25, 0.3) is 0 Å². The third kappa shape index (κ3) is 3.74. The van der Waals surface area contributed by atoms with Crippen LogP contribution in [0.3, 0.4) is 0 Å². The maximum atomic E-state index is 12.4. The highest BCUT2D eigenvalue weighted by atomic mass is 32.2. The van der Waals surface area contributed by atoms with Crippen LogP contribution in [0.1, 0.15) is 39.7 Å². The minimum absolute atomic E-state index is 0.0488. The number of rotatable bonds is 7. The van der Waals surface area contributed by atoms with Crippen molar-refractivity contribution in [3.05, 3.63) is 30.5 Å². The summed E-state index contributed by atoms with van der Waals surface area (Å²) in [4.78, 5) is 15.7. The van der Waals surface area contributed by atoms with Crippen LogP contribution in [-0.2, 0) is 4.79 Å². The van der Waals surface area contributed by atoms with Crippen LogP contribution in [0.25, 0.3) is 22.3 Å². The molecule has 1 aromatic carbocycles. The molecule has 0 saturated heterocycles. The summed E-state index contributed by atoms with van der Waals surface area (Å²) >= 11 is 1.49. The zero-order chi connectivity index (χ0) is 19.0. The van der Waals surface area contributed by atoms with E-state index >= 15 is 0 Å². The normalized spacial score (nSPS) is 15.4. The highest BCUT2D eigenvalue weighted by molar-refractivity contribution is 8.00. The van der Waals surface area contributed by atoms with Crippen LogP contribution < -0.4 is 5.32 Å². The summed E-state index contributed by atoms with van der Waals surface area (Å²) in [6.45, 7) is 6.81. The van der Waals surface area contributed by atoms with Gasteiger partial charge in [0.1, 0.15) is 0 Å². The Hall–Kier alpha value is -2.28. The van der Waals surface area contributed by atoms with Gasteiger partial charge < -0.3 is 10.3 Å². The summed E-state index contributed by atoms with van der Waals surface area (Å²) in [5.74, 6) is 1.37. The van der Waals surface area contributed by atoms with Crippen molar-refractivity contribution in [3.63, 3.8) is 0 Å². The molecular formula is C20H25N5OS. The molecular weight excluding hydrogens is 358 g/mol. The lowest BCUT2D eigenvalue weighted by atomic mass is 10.1. The summed E-state index contributed by atoms with van der Waals surface area (Å²) < 4.78 is 2.21. The molecule has 1 atom stereocenters. The van der Waals surface area contributed by atoms with Gasteiger partial charge in [-0.1, -0.05) is 43.8 Å². The van der Waals surface area contributed by atoms with Gasteiger partial charge in [-0.15, -0.1) is 10.2 Å². The van der Waals surface area contributed by atoms with E-state index in [-0.39, 0.29) is 11.2 Å². The van der Waals surface area contributed by atoms with Gasteiger partial charge in [0.2, 0.25) is 5.91 Å². The van der Waals surface area contributed by atoms with Gasteiger partial charge in [0.05, 0.1) is 5.25 Å². The molecule has 2 N–H and O–H groups in total. The number of fused-ring (bicyclic) bond motifs is 1. The molecule has 1 aliphatic carbocycles. The zero-order valence-electron chi connectivity index (χ0n) is 15.9. The lowest BCUT2D eigenvalue weighted by Crippen LogP contribution is -2.33. The molecule has 0 radical (unpaired) electrons. The maximum absolute atomic E-state index is 12.4. The minimum Gasteiger partial charge on any atom is -0.360 e. The number of benzene rings is 1. The van der Waals surface area contributed by atoms with Gasteiger partial charge in [-0.3, -0.25) is 9.36 Å². The number of para-hydroxylation sites is 1. The average Bonchev–Trinajstić information content (AvgIpc) is 3.27. The number of hydrogen-bond acceptors (Lipinski definition) is 4. The number of aromatic nitrogens is 4. The lowest BCUT2D eigenvalue weighted by Gasteiger charge is -2.14. The molecule has 4 rings (SSSR count). The summed E-state index contributed by atoms with van der Waals surface area (Å²) in [6, 6.07) is 8.65. The quantitative estimate of drug-likeness (QED) is 0.604. The number of amides is 1. The van der Waals surface area contributed by atoms with Crippen molar-refractivity contribution in [2.45, 2.75) is 50.1 Å². The van der Waals surface area contributed by atoms with Gasteiger partial charge in [0, 0.05) is 35.2 Å². The Kier molecular flexibility index (Phi) is 4.95. The summed E-state index contributed by atoms with van der Waals surface area (Å²) in [6.07, 6.45) is 4.27. The van der Waals surface area contributed by atoms with Crippen molar-refractivity contribution >= 4 is 28.6 Å². The number of nitrogens with one attached hydrogen (secondary N) is 2. The molecule has 27 heavy (non-hydrogen) atoms. The van der Waals surface area contributed by atoms with Crippen molar-refractivity contribution in [1.82, 2.24) is 25.1 Å². The molecule has 7 heteroatoms. The number of H-pyrrole nitrogens is 1. The molecule has 1 saturated carbocycles. The standard InChI is InChI=1S/C20H25N5OS/c1-12(2)10-22-19(26)13(3)27-20-24-23-18(25(20)14-8-9-14)16-11-21-17-7-5-4-6-15(16)17/h4-7,11-14,21H,8-10H2,1-3H3,(H,22,26)/t13-/m1/s1. The topological polar surface area (TPSA) is 75.6 Å². The SMILES string of the molecule is CC(C)CNC(=O)[C@@H](C)Sc1nnc(-c2c[nH]c3ccccc23)n1C1CC1. The number of aromatic amines is 1. The fraction of sp³-hybridized carbons (Fsp3) is 0.450. The minimum atomic E-state index is -0.207. The predicted octanol–water partition coefficient (Wildman–Crippen LogP) is 4.01. The van der Waals surface area contributed by atoms with E-state index in [4.69, 9.17) is 0 Å². The van der Waals surface area contributed by atoms with Gasteiger partial charge >= 0.3 is 0 Å². The molecule has 1 amide bonds. The summed E-state index contributed by atoms with van der Waals surface area (Å²) in [5, 5.41) is 13.7. The van der Waals surface area contributed by atoms with E-state index in [0.717, 1.165) is 40.3 Å². The fourth-order valence-corrected chi connectivity index (χ4v) is 4.06. The van der Waals surface area contributed by atoms with E-state index in [9.17, 15) is 4.79 Å². The van der Waals surface area contributed by atoms with Crippen molar-refractivity contribution in [1.29, 1.82) is 0 Å². The Morgan fingerprint density at radius 1 is 1.30 bits per heavy atom. The van der Waals surface area contributed by atoms with Crippen LogP contribution in [0.15, 0.2) is 35.6 Å².